The van der Waals surface area contributed by atoms with E-state index in [1.165, 1.54) is 42.5 Å². The zero-order valence-electron chi connectivity index (χ0n) is 15.4. The number of sulfone groups is 1. The molecular formula is C19H18ClNO7S2. The number of hydrogen-bond donors (Lipinski definition) is 3. The van der Waals surface area contributed by atoms with Gasteiger partial charge in [0.05, 0.1) is 15.5 Å². The third kappa shape index (κ3) is 4.57. The van der Waals surface area contributed by atoms with Gasteiger partial charge >= 0.3 is 0 Å². The van der Waals surface area contributed by atoms with Crippen LogP contribution in [0.4, 0.5) is 0 Å². The average molecular weight is 472 g/mol. The van der Waals surface area contributed by atoms with Gasteiger partial charge in [-0.1, -0.05) is 24.3 Å². The van der Waals surface area contributed by atoms with Crippen LogP contribution in [0.15, 0.2) is 58.3 Å². The first kappa shape index (κ1) is 22.4. The molecule has 0 spiro atoms. The standard InChI is InChI=1S/C19H18ClNO7S2/c20-9-10-29(24,25)15-5-1-3-14(12-15)18(22)21-19(23)8-2-4-13-11-16(30(26,27)28)6-7-17(13)19/h1-7,11-12,23H,8-10H2,(H,21,22)(H,26,27,28). The second kappa shape index (κ2) is 8.12. The highest BCUT2D eigenvalue weighted by Gasteiger charge is 2.35. The maximum atomic E-state index is 12.7. The highest BCUT2D eigenvalue weighted by atomic mass is 35.5. The van der Waals surface area contributed by atoms with Gasteiger partial charge in [-0.2, -0.15) is 8.42 Å². The van der Waals surface area contributed by atoms with Gasteiger partial charge < -0.3 is 10.4 Å². The summed E-state index contributed by atoms with van der Waals surface area (Å²) in [5.74, 6) is -1.09. The quantitative estimate of drug-likeness (QED) is 0.332. The van der Waals surface area contributed by atoms with Gasteiger partial charge in [0, 0.05) is 23.4 Å². The fourth-order valence-electron chi connectivity index (χ4n) is 3.11. The fourth-order valence-corrected chi connectivity index (χ4v) is 5.27. The maximum absolute atomic E-state index is 12.7. The van der Waals surface area contributed by atoms with E-state index in [4.69, 9.17) is 11.6 Å². The van der Waals surface area contributed by atoms with E-state index < -0.39 is 31.6 Å². The highest BCUT2D eigenvalue weighted by molar-refractivity contribution is 7.91. The van der Waals surface area contributed by atoms with Crippen LogP contribution in [0, 0.1) is 0 Å². The molecule has 30 heavy (non-hydrogen) atoms. The van der Waals surface area contributed by atoms with Crippen molar-refractivity contribution in [1.29, 1.82) is 0 Å². The van der Waals surface area contributed by atoms with Crippen LogP contribution in [0.5, 0.6) is 0 Å². The van der Waals surface area contributed by atoms with Crippen LogP contribution >= 0.6 is 11.6 Å². The number of rotatable bonds is 6. The molecule has 0 saturated carbocycles. The summed E-state index contributed by atoms with van der Waals surface area (Å²) >= 11 is 5.52. The number of hydrogen-bond acceptors (Lipinski definition) is 6. The average Bonchev–Trinajstić information content (AvgIpc) is 2.67. The summed E-state index contributed by atoms with van der Waals surface area (Å²) in [4.78, 5) is 12.3. The molecule has 2 aromatic rings. The Morgan fingerprint density at radius 3 is 2.50 bits per heavy atom. The van der Waals surface area contributed by atoms with Crippen molar-refractivity contribution in [2.75, 3.05) is 11.6 Å². The summed E-state index contributed by atoms with van der Waals surface area (Å²) in [7, 11) is -8.08. The highest BCUT2D eigenvalue weighted by Crippen LogP contribution is 2.33. The molecule has 0 radical (unpaired) electrons. The van der Waals surface area contributed by atoms with Crippen molar-refractivity contribution in [1.82, 2.24) is 5.32 Å². The third-order valence-electron chi connectivity index (χ3n) is 4.60. The SMILES string of the molecule is O=C(NC1(O)CC=Cc2cc(S(=O)(=O)O)ccc21)c1cccc(S(=O)(=O)CCCl)c1. The number of amides is 1. The van der Waals surface area contributed by atoms with E-state index in [2.05, 4.69) is 5.32 Å². The number of aliphatic hydroxyl groups is 1. The summed E-state index contributed by atoms with van der Waals surface area (Å²) in [6.45, 7) is 0. The van der Waals surface area contributed by atoms with E-state index in [1.807, 2.05) is 0 Å². The molecule has 0 saturated heterocycles. The molecule has 3 rings (SSSR count). The van der Waals surface area contributed by atoms with Gasteiger partial charge in [-0.25, -0.2) is 8.42 Å². The molecule has 0 bridgehead atoms. The lowest BCUT2D eigenvalue weighted by molar-refractivity contribution is 0.00472. The molecule has 0 aromatic heterocycles. The predicted molar refractivity (Wildman–Crippen MR) is 110 cm³/mol. The van der Waals surface area contributed by atoms with Crippen molar-refractivity contribution >= 4 is 43.5 Å². The van der Waals surface area contributed by atoms with E-state index in [9.17, 15) is 31.3 Å². The van der Waals surface area contributed by atoms with Crippen LogP contribution in [0.25, 0.3) is 6.08 Å². The lowest BCUT2D eigenvalue weighted by Gasteiger charge is -2.32. The molecular weight excluding hydrogens is 454 g/mol. The molecule has 0 aliphatic heterocycles. The van der Waals surface area contributed by atoms with E-state index in [-0.39, 0.29) is 39.0 Å². The second-order valence-electron chi connectivity index (χ2n) is 6.68. The van der Waals surface area contributed by atoms with Crippen LogP contribution < -0.4 is 5.32 Å². The number of benzene rings is 2. The Labute approximate surface area is 178 Å². The molecule has 8 nitrogen and oxygen atoms in total. The molecule has 3 N–H and O–H groups in total. The van der Waals surface area contributed by atoms with Gasteiger partial charge in [-0.15, -0.1) is 11.6 Å². The minimum atomic E-state index is -4.43. The Bertz CT molecular complexity index is 1240. The number of carbonyl (C=O) groups is 1. The summed E-state index contributed by atoms with van der Waals surface area (Å²) in [5.41, 5.74) is -1.30. The molecule has 11 heteroatoms. The van der Waals surface area contributed by atoms with Crippen molar-refractivity contribution in [3.05, 3.63) is 65.2 Å². The number of nitrogens with one attached hydrogen (secondary N) is 1. The summed E-state index contributed by atoms with van der Waals surface area (Å²) in [6.07, 6.45) is 3.10. The third-order valence-corrected chi connectivity index (χ3v) is 7.58. The molecule has 2 aromatic carbocycles. The van der Waals surface area contributed by atoms with Gasteiger partial charge in [-0.3, -0.25) is 9.35 Å². The zero-order valence-corrected chi connectivity index (χ0v) is 17.8. The Balaban J connectivity index is 1.92. The fraction of sp³-hybridized carbons (Fsp3) is 0.211. The Morgan fingerprint density at radius 1 is 1.10 bits per heavy atom. The molecule has 0 heterocycles. The molecule has 1 amide bonds. The van der Waals surface area contributed by atoms with Crippen LogP contribution in [-0.4, -0.2) is 44.0 Å². The van der Waals surface area contributed by atoms with Crippen LogP contribution in [0.3, 0.4) is 0 Å². The first-order valence-electron chi connectivity index (χ1n) is 8.68. The summed E-state index contributed by atoms with van der Waals surface area (Å²) < 4.78 is 56.3. The van der Waals surface area contributed by atoms with Crippen molar-refractivity contribution in [2.24, 2.45) is 0 Å². The van der Waals surface area contributed by atoms with Gasteiger partial charge in [0.1, 0.15) is 0 Å². The van der Waals surface area contributed by atoms with E-state index in [0.29, 0.717) is 5.56 Å². The number of halogens is 1. The summed E-state index contributed by atoms with van der Waals surface area (Å²) in [6, 6.07) is 8.95. The van der Waals surface area contributed by atoms with E-state index in [0.717, 1.165) is 6.07 Å². The van der Waals surface area contributed by atoms with Crippen molar-refractivity contribution in [3.63, 3.8) is 0 Å². The van der Waals surface area contributed by atoms with Crippen LogP contribution in [0.1, 0.15) is 27.9 Å². The minimum absolute atomic E-state index is 0.00119. The van der Waals surface area contributed by atoms with Crippen LogP contribution in [0.2, 0.25) is 0 Å². The molecule has 1 aliphatic carbocycles. The smallest absolute Gasteiger partial charge is 0.294 e. The normalized spacial score (nSPS) is 18.6. The van der Waals surface area contributed by atoms with E-state index >= 15 is 0 Å². The number of carbonyl (C=O) groups excluding carboxylic acids is 1. The lowest BCUT2D eigenvalue weighted by Crippen LogP contribution is -2.46. The number of fused-ring (bicyclic) bond motifs is 1. The summed E-state index contributed by atoms with van der Waals surface area (Å²) in [5, 5.41) is 13.5. The van der Waals surface area contributed by atoms with Gasteiger partial charge in [-0.05, 0) is 35.9 Å². The molecule has 1 unspecified atom stereocenters. The maximum Gasteiger partial charge on any atom is 0.294 e. The number of alkyl halides is 1. The van der Waals surface area contributed by atoms with Gasteiger partial charge in [0.2, 0.25) is 0 Å². The Morgan fingerprint density at radius 2 is 1.83 bits per heavy atom. The van der Waals surface area contributed by atoms with Crippen molar-refractivity contribution in [2.45, 2.75) is 21.9 Å². The first-order chi connectivity index (χ1) is 14.0. The second-order valence-corrected chi connectivity index (χ2v) is 10.6. The largest absolute Gasteiger partial charge is 0.367 e. The van der Waals surface area contributed by atoms with Crippen molar-refractivity contribution in [3.8, 4) is 0 Å². The Kier molecular flexibility index (Phi) is 6.08. The lowest BCUT2D eigenvalue weighted by atomic mass is 9.89. The predicted octanol–water partition coefficient (Wildman–Crippen LogP) is 1.94. The molecule has 1 atom stereocenters. The van der Waals surface area contributed by atoms with E-state index in [1.54, 1.807) is 6.08 Å². The first-order valence-corrected chi connectivity index (χ1v) is 12.3. The molecule has 0 fully saturated rings. The Hall–Kier alpha value is -2.24. The molecule has 160 valence electrons. The monoisotopic (exact) mass is 471 g/mol. The van der Waals surface area contributed by atoms with Crippen molar-refractivity contribution < 1.29 is 31.3 Å². The van der Waals surface area contributed by atoms with Gasteiger partial charge in [0.25, 0.3) is 16.0 Å². The molecule has 1 aliphatic rings. The topological polar surface area (TPSA) is 138 Å². The minimum Gasteiger partial charge on any atom is -0.367 e. The van der Waals surface area contributed by atoms with Gasteiger partial charge in [0.15, 0.2) is 15.6 Å². The van der Waals surface area contributed by atoms with Crippen LogP contribution in [-0.2, 0) is 25.7 Å². The zero-order chi connectivity index (χ0) is 22.2.